The molecular formula is C10H11FO3S. The summed E-state index contributed by atoms with van der Waals surface area (Å²) in [6, 6.07) is 3.87. The fraction of sp³-hybridized carbons (Fsp3) is 0.300. The van der Waals surface area contributed by atoms with Crippen molar-refractivity contribution in [3.8, 4) is 0 Å². The van der Waals surface area contributed by atoms with Gasteiger partial charge in [-0.15, -0.1) is 11.8 Å². The Kier molecular flexibility index (Phi) is 4.74. The van der Waals surface area contributed by atoms with E-state index in [4.69, 9.17) is 10.2 Å². The van der Waals surface area contributed by atoms with Crippen molar-refractivity contribution in [3.63, 3.8) is 0 Å². The van der Waals surface area contributed by atoms with Crippen LogP contribution < -0.4 is 0 Å². The maximum absolute atomic E-state index is 12.7. The number of carbonyl (C=O) groups excluding carboxylic acids is 1. The van der Waals surface area contributed by atoms with Gasteiger partial charge in [0.05, 0.1) is 12.7 Å². The van der Waals surface area contributed by atoms with E-state index in [0.29, 0.717) is 11.2 Å². The Balaban J connectivity index is 2.72. The zero-order chi connectivity index (χ0) is 11.3. The Bertz CT molecular complexity index is 343. The standard InChI is InChI=1S/C10H11FO3S/c11-8-1-2-10(7(3-8)4-12)15-6-9(14)5-13/h1-4,9,13-14H,5-6H2. The summed E-state index contributed by atoms with van der Waals surface area (Å²) in [5.41, 5.74) is 0.255. The van der Waals surface area contributed by atoms with Crippen LogP contribution in [0.15, 0.2) is 23.1 Å². The minimum absolute atomic E-state index is 0.255. The molecule has 3 nitrogen and oxygen atoms in total. The maximum Gasteiger partial charge on any atom is 0.151 e. The fourth-order valence-electron chi connectivity index (χ4n) is 0.982. The molecule has 0 heterocycles. The smallest absolute Gasteiger partial charge is 0.151 e. The highest BCUT2D eigenvalue weighted by atomic mass is 32.2. The SMILES string of the molecule is O=Cc1cc(F)ccc1SCC(O)CO. The van der Waals surface area contributed by atoms with E-state index < -0.39 is 11.9 Å². The van der Waals surface area contributed by atoms with Gasteiger partial charge in [-0.3, -0.25) is 4.79 Å². The van der Waals surface area contributed by atoms with Gasteiger partial charge in [-0.2, -0.15) is 0 Å². The number of aliphatic hydroxyl groups is 2. The molecule has 0 aliphatic heterocycles. The van der Waals surface area contributed by atoms with Crippen LogP contribution in [-0.2, 0) is 0 Å². The Morgan fingerprint density at radius 1 is 1.53 bits per heavy atom. The predicted molar refractivity (Wildman–Crippen MR) is 55.6 cm³/mol. The molecule has 0 radical (unpaired) electrons. The molecule has 0 saturated carbocycles. The number of aldehydes is 1. The summed E-state index contributed by atoms with van der Waals surface area (Å²) in [6.45, 7) is -0.329. The molecule has 0 saturated heterocycles. The third-order valence-corrected chi connectivity index (χ3v) is 2.98. The summed E-state index contributed by atoms with van der Waals surface area (Å²) < 4.78 is 12.7. The van der Waals surface area contributed by atoms with Crippen LogP contribution in [-0.4, -0.2) is 35.0 Å². The Hall–Kier alpha value is -0.910. The molecule has 1 atom stereocenters. The van der Waals surface area contributed by atoms with E-state index in [1.54, 1.807) is 0 Å². The molecule has 0 aromatic heterocycles. The molecular weight excluding hydrogens is 219 g/mol. The summed E-state index contributed by atoms with van der Waals surface area (Å²) in [6.07, 6.45) is -0.268. The van der Waals surface area contributed by atoms with Crippen molar-refractivity contribution in [1.29, 1.82) is 0 Å². The van der Waals surface area contributed by atoms with Gasteiger partial charge in [0.2, 0.25) is 0 Å². The Morgan fingerprint density at radius 3 is 2.87 bits per heavy atom. The Labute approximate surface area is 90.9 Å². The second kappa shape index (κ2) is 5.85. The second-order valence-corrected chi connectivity index (χ2v) is 4.01. The van der Waals surface area contributed by atoms with Gasteiger partial charge in [-0.1, -0.05) is 0 Å². The highest BCUT2D eigenvalue weighted by Gasteiger charge is 2.07. The number of hydrogen-bond donors (Lipinski definition) is 2. The van der Waals surface area contributed by atoms with Gasteiger partial charge in [-0.05, 0) is 18.2 Å². The lowest BCUT2D eigenvalue weighted by Crippen LogP contribution is -2.14. The first-order valence-corrected chi connectivity index (χ1v) is 5.32. The quantitative estimate of drug-likeness (QED) is 0.587. The minimum atomic E-state index is -0.834. The predicted octanol–water partition coefficient (Wildman–Crippen LogP) is 1.08. The van der Waals surface area contributed by atoms with Crippen LogP contribution in [0.3, 0.4) is 0 Å². The van der Waals surface area contributed by atoms with Crippen LogP contribution >= 0.6 is 11.8 Å². The van der Waals surface area contributed by atoms with E-state index in [-0.39, 0.29) is 17.9 Å². The summed E-state index contributed by atoms with van der Waals surface area (Å²) in [7, 11) is 0. The molecule has 5 heteroatoms. The Morgan fingerprint density at radius 2 is 2.27 bits per heavy atom. The number of rotatable bonds is 5. The molecule has 1 rings (SSSR count). The molecule has 1 aromatic rings. The molecule has 82 valence electrons. The van der Waals surface area contributed by atoms with Gasteiger partial charge in [0.1, 0.15) is 5.82 Å². The lowest BCUT2D eigenvalue weighted by molar-refractivity contribution is 0.111. The van der Waals surface area contributed by atoms with Crippen molar-refractivity contribution in [1.82, 2.24) is 0 Å². The fourth-order valence-corrected chi connectivity index (χ4v) is 1.90. The number of benzene rings is 1. The van der Waals surface area contributed by atoms with Crippen molar-refractivity contribution in [2.45, 2.75) is 11.0 Å². The first-order valence-electron chi connectivity index (χ1n) is 4.34. The molecule has 1 unspecified atom stereocenters. The first-order chi connectivity index (χ1) is 7.17. The van der Waals surface area contributed by atoms with E-state index in [0.717, 1.165) is 6.07 Å². The molecule has 0 bridgehead atoms. The average Bonchev–Trinajstić information content (AvgIpc) is 2.26. The summed E-state index contributed by atoms with van der Waals surface area (Å²) in [5, 5.41) is 17.7. The van der Waals surface area contributed by atoms with E-state index in [1.807, 2.05) is 0 Å². The van der Waals surface area contributed by atoms with Gasteiger partial charge < -0.3 is 10.2 Å². The average molecular weight is 230 g/mol. The van der Waals surface area contributed by atoms with Crippen molar-refractivity contribution in [3.05, 3.63) is 29.6 Å². The van der Waals surface area contributed by atoms with E-state index >= 15 is 0 Å². The third kappa shape index (κ3) is 3.62. The summed E-state index contributed by atoms with van der Waals surface area (Å²) in [5.74, 6) is -0.202. The molecule has 0 aliphatic rings. The normalized spacial score (nSPS) is 12.5. The van der Waals surface area contributed by atoms with Crippen LogP contribution in [0.5, 0.6) is 0 Å². The zero-order valence-electron chi connectivity index (χ0n) is 7.89. The largest absolute Gasteiger partial charge is 0.394 e. The first kappa shape index (κ1) is 12.2. The van der Waals surface area contributed by atoms with Crippen LogP contribution in [0.25, 0.3) is 0 Å². The number of halogens is 1. The van der Waals surface area contributed by atoms with Crippen molar-refractivity contribution in [2.75, 3.05) is 12.4 Å². The second-order valence-electron chi connectivity index (χ2n) is 2.95. The third-order valence-electron chi connectivity index (χ3n) is 1.74. The maximum atomic E-state index is 12.7. The van der Waals surface area contributed by atoms with Gasteiger partial charge in [0.25, 0.3) is 0 Å². The summed E-state index contributed by atoms with van der Waals surface area (Å²) >= 11 is 1.21. The lowest BCUT2D eigenvalue weighted by atomic mass is 10.2. The monoisotopic (exact) mass is 230 g/mol. The molecule has 2 N–H and O–H groups in total. The molecule has 15 heavy (non-hydrogen) atoms. The van der Waals surface area contributed by atoms with Gasteiger partial charge >= 0.3 is 0 Å². The highest BCUT2D eigenvalue weighted by Crippen LogP contribution is 2.23. The summed E-state index contributed by atoms with van der Waals surface area (Å²) in [4.78, 5) is 11.2. The van der Waals surface area contributed by atoms with Crippen molar-refractivity contribution in [2.24, 2.45) is 0 Å². The molecule has 0 fully saturated rings. The van der Waals surface area contributed by atoms with E-state index in [9.17, 15) is 9.18 Å². The highest BCUT2D eigenvalue weighted by molar-refractivity contribution is 7.99. The molecule has 0 amide bonds. The van der Waals surface area contributed by atoms with Gasteiger partial charge in [0.15, 0.2) is 6.29 Å². The van der Waals surface area contributed by atoms with E-state index in [1.165, 1.54) is 23.9 Å². The van der Waals surface area contributed by atoms with Crippen LogP contribution in [0.1, 0.15) is 10.4 Å². The number of hydrogen-bond acceptors (Lipinski definition) is 4. The topological polar surface area (TPSA) is 57.5 Å². The van der Waals surface area contributed by atoms with Crippen LogP contribution in [0.2, 0.25) is 0 Å². The molecule has 0 aliphatic carbocycles. The lowest BCUT2D eigenvalue weighted by Gasteiger charge is -2.07. The van der Waals surface area contributed by atoms with Crippen LogP contribution in [0.4, 0.5) is 4.39 Å². The van der Waals surface area contributed by atoms with Crippen LogP contribution in [0, 0.1) is 5.82 Å². The number of carbonyl (C=O) groups is 1. The number of thioether (sulfide) groups is 1. The van der Waals surface area contributed by atoms with E-state index in [2.05, 4.69) is 0 Å². The molecule has 0 spiro atoms. The number of aliphatic hydroxyl groups excluding tert-OH is 2. The van der Waals surface area contributed by atoms with Crippen molar-refractivity contribution >= 4 is 18.0 Å². The van der Waals surface area contributed by atoms with Crippen molar-refractivity contribution < 1.29 is 19.4 Å². The zero-order valence-corrected chi connectivity index (χ0v) is 8.71. The van der Waals surface area contributed by atoms with Gasteiger partial charge in [-0.25, -0.2) is 4.39 Å². The minimum Gasteiger partial charge on any atom is -0.394 e. The van der Waals surface area contributed by atoms with Gasteiger partial charge in [0, 0.05) is 16.2 Å². The molecule has 1 aromatic carbocycles.